The molecule has 1 amide bonds. The zero-order chi connectivity index (χ0) is 13.0. The van der Waals surface area contributed by atoms with Crippen LogP contribution in [-0.2, 0) is 9.59 Å². The summed E-state index contributed by atoms with van der Waals surface area (Å²) in [5, 5.41) is 8.55. The van der Waals surface area contributed by atoms with Gasteiger partial charge in [0.2, 0.25) is 5.91 Å². The average molecular weight is 238 g/mol. The Hall–Kier alpha value is -2.24. The van der Waals surface area contributed by atoms with E-state index >= 15 is 0 Å². The van der Waals surface area contributed by atoms with Crippen LogP contribution in [0.25, 0.3) is 0 Å². The maximum Gasteiger partial charge on any atom is 0.312 e. The fraction of sp³-hybridized carbons (Fsp3) is 0.273. The number of nitrogen functional groups attached to an aromatic ring is 1. The highest BCUT2D eigenvalue weighted by Crippen LogP contribution is 2.27. The Morgan fingerprint density at radius 2 is 2.12 bits per heavy atom. The van der Waals surface area contributed by atoms with Crippen molar-refractivity contribution in [3.63, 3.8) is 0 Å². The number of hydrogen-bond acceptors (Lipinski definition) is 4. The molecule has 0 aliphatic heterocycles. The summed E-state index contributed by atoms with van der Waals surface area (Å²) >= 11 is 0. The van der Waals surface area contributed by atoms with E-state index in [-0.39, 0.29) is 0 Å². The van der Waals surface area contributed by atoms with Crippen LogP contribution in [0.4, 0.5) is 11.4 Å². The van der Waals surface area contributed by atoms with Crippen molar-refractivity contribution in [2.45, 2.75) is 6.42 Å². The van der Waals surface area contributed by atoms with E-state index < -0.39 is 18.3 Å². The number of hydrogen-bond donors (Lipinski definition) is 2. The van der Waals surface area contributed by atoms with Crippen molar-refractivity contribution in [2.75, 3.05) is 24.8 Å². The summed E-state index contributed by atoms with van der Waals surface area (Å²) in [4.78, 5) is 23.2. The maximum absolute atomic E-state index is 11.6. The number of anilines is 2. The Morgan fingerprint density at radius 3 is 2.65 bits per heavy atom. The largest absolute Gasteiger partial charge is 0.497 e. The van der Waals surface area contributed by atoms with Crippen LogP contribution >= 0.6 is 0 Å². The molecule has 92 valence electrons. The Morgan fingerprint density at radius 1 is 1.47 bits per heavy atom. The van der Waals surface area contributed by atoms with E-state index in [9.17, 15) is 9.59 Å². The minimum absolute atomic E-state index is 0.382. The number of carboxylic acid groups (broad SMARTS) is 1. The van der Waals surface area contributed by atoms with E-state index in [1.165, 1.54) is 19.1 Å². The van der Waals surface area contributed by atoms with E-state index in [0.29, 0.717) is 17.1 Å². The first-order valence-electron chi connectivity index (χ1n) is 4.87. The second kappa shape index (κ2) is 5.20. The molecule has 3 N–H and O–H groups in total. The van der Waals surface area contributed by atoms with Gasteiger partial charge in [0.05, 0.1) is 18.5 Å². The molecular weight excluding hydrogens is 224 g/mol. The number of benzene rings is 1. The second-order valence-corrected chi connectivity index (χ2v) is 3.45. The van der Waals surface area contributed by atoms with Gasteiger partial charge in [-0.3, -0.25) is 9.59 Å². The van der Waals surface area contributed by atoms with Gasteiger partial charge in [0.15, 0.2) is 0 Å². The standard InChI is InChI=1S/C11H14N2O4/c1-13(10(14)6-11(15)16)9-5-7(17-2)3-4-8(9)12/h3-5H,6,12H2,1-2H3,(H,15,16). The van der Waals surface area contributed by atoms with Crippen molar-refractivity contribution in [3.05, 3.63) is 18.2 Å². The lowest BCUT2D eigenvalue weighted by Crippen LogP contribution is -2.28. The summed E-state index contributed by atoms with van der Waals surface area (Å²) < 4.78 is 5.01. The van der Waals surface area contributed by atoms with Crippen LogP contribution < -0.4 is 15.4 Å². The van der Waals surface area contributed by atoms with E-state index in [0.717, 1.165) is 0 Å². The van der Waals surface area contributed by atoms with Gasteiger partial charge < -0.3 is 20.5 Å². The van der Waals surface area contributed by atoms with Crippen molar-refractivity contribution in [1.29, 1.82) is 0 Å². The smallest absolute Gasteiger partial charge is 0.312 e. The van der Waals surface area contributed by atoms with Gasteiger partial charge in [0.25, 0.3) is 0 Å². The molecule has 0 aromatic heterocycles. The van der Waals surface area contributed by atoms with E-state index in [1.54, 1.807) is 18.2 Å². The number of nitrogens with zero attached hydrogens (tertiary/aromatic N) is 1. The molecule has 0 saturated carbocycles. The van der Waals surface area contributed by atoms with Gasteiger partial charge in [-0.05, 0) is 12.1 Å². The minimum Gasteiger partial charge on any atom is -0.497 e. The summed E-state index contributed by atoms with van der Waals surface area (Å²) in [5.74, 6) is -1.18. The predicted molar refractivity (Wildman–Crippen MR) is 63.1 cm³/mol. The van der Waals surface area contributed by atoms with E-state index in [4.69, 9.17) is 15.6 Å². The summed E-state index contributed by atoms with van der Waals surface area (Å²) in [6, 6.07) is 4.84. The molecule has 0 heterocycles. The number of amides is 1. The number of aliphatic carboxylic acids is 1. The SMILES string of the molecule is COc1ccc(N)c(N(C)C(=O)CC(=O)O)c1. The van der Waals surface area contributed by atoms with Crippen LogP contribution in [0.15, 0.2) is 18.2 Å². The first-order chi connectivity index (χ1) is 7.95. The van der Waals surface area contributed by atoms with Crippen molar-refractivity contribution in [3.8, 4) is 5.75 Å². The highest BCUT2D eigenvalue weighted by atomic mass is 16.5. The first-order valence-corrected chi connectivity index (χ1v) is 4.87. The number of ether oxygens (including phenoxy) is 1. The molecule has 0 aliphatic carbocycles. The molecule has 6 heteroatoms. The molecule has 0 atom stereocenters. The number of nitrogens with two attached hydrogens (primary N) is 1. The Bertz CT molecular complexity index is 445. The average Bonchev–Trinajstić information content (AvgIpc) is 2.28. The number of rotatable bonds is 4. The second-order valence-electron chi connectivity index (χ2n) is 3.45. The van der Waals surface area contributed by atoms with Crippen LogP contribution in [0.2, 0.25) is 0 Å². The number of carbonyl (C=O) groups excluding carboxylic acids is 1. The van der Waals surface area contributed by atoms with Crippen LogP contribution in [-0.4, -0.2) is 31.1 Å². The molecule has 0 aliphatic rings. The van der Waals surface area contributed by atoms with Gasteiger partial charge in [-0.15, -0.1) is 0 Å². The van der Waals surface area contributed by atoms with Crippen molar-refractivity contribution in [2.24, 2.45) is 0 Å². The van der Waals surface area contributed by atoms with Crippen LogP contribution in [0.5, 0.6) is 5.75 Å². The molecule has 0 fully saturated rings. The molecule has 0 saturated heterocycles. The molecule has 17 heavy (non-hydrogen) atoms. The van der Waals surface area contributed by atoms with Crippen molar-refractivity contribution in [1.82, 2.24) is 0 Å². The van der Waals surface area contributed by atoms with Gasteiger partial charge in [0, 0.05) is 13.1 Å². The normalized spacial score (nSPS) is 9.76. The van der Waals surface area contributed by atoms with E-state index in [2.05, 4.69) is 0 Å². The monoisotopic (exact) mass is 238 g/mol. The molecule has 6 nitrogen and oxygen atoms in total. The van der Waals surface area contributed by atoms with Crippen LogP contribution in [0.1, 0.15) is 6.42 Å². The lowest BCUT2D eigenvalue weighted by Gasteiger charge is -2.19. The van der Waals surface area contributed by atoms with Crippen LogP contribution in [0.3, 0.4) is 0 Å². The molecule has 0 radical (unpaired) electrons. The Kier molecular flexibility index (Phi) is 3.92. The van der Waals surface area contributed by atoms with Gasteiger partial charge in [-0.2, -0.15) is 0 Å². The minimum atomic E-state index is -1.18. The zero-order valence-corrected chi connectivity index (χ0v) is 9.64. The van der Waals surface area contributed by atoms with Gasteiger partial charge >= 0.3 is 5.97 Å². The third kappa shape index (κ3) is 3.10. The summed E-state index contributed by atoms with van der Waals surface area (Å²) in [6.07, 6.45) is -0.576. The number of carboxylic acids is 1. The van der Waals surface area contributed by atoms with Crippen molar-refractivity contribution < 1.29 is 19.4 Å². The third-order valence-corrected chi connectivity index (χ3v) is 2.28. The first kappa shape index (κ1) is 12.8. The lowest BCUT2D eigenvalue weighted by molar-refractivity contribution is -0.140. The summed E-state index contributed by atoms with van der Waals surface area (Å²) in [7, 11) is 2.96. The lowest BCUT2D eigenvalue weighted by atomic mass is 10.2. The summed E-state index contributed by atoms with van der Waals surface area (Å²) in [6.45, 7) is 0. The molecule has 1 rings (SSSR count). The zero-order valence-electron chi connectivity index (χ0n) is 9.64. The Labute approximate surface area is 98.6 Å². The third-order valence-electron chi connectivity index (χ3n) is 2.28. The highest BCUT2D eigenvalue weighted by Gasteiger charge is 2.17. The molecule has 1 aromatic rings. The van der Waals surface area contributed by atoms with Crippen molar-refractivity contribution >= 4 is 23.3 Å². The molecule has 0 bridgehead atoms. The molecule has 0 unspecified atom stereocenters. The Balaban J connectivity index is 2.98. The highest BCUT2D eigenvalue weighted by molar-refractivity contribution is 6.04. The van der Waals surface area contributed by atoms with E-state index in [1.807, 2.05) is 0 Å². The van der Waals surface area contributed by atoms with Gasteiger partial charge in [0.1, 0.15) is 12.2 Å². The fourth-order valence-corrected chi connectivity index (χ4v) is 1.32. The maximum atomic E-state index is 11.6. The molecular formula is C11H14N2O4. The number of carbonyl (C=O) groups is 2. The van der Waals surface area contributed by atoms with Gasteiger partial charge in [-0.25, -0.2) is 0 Å². The summed E-state index contributed by atoms with van der Waals surface area (Å²) in [5.41, 5.74) is 6.52. The quantitative estimate of drug-likeness (QED) is 0.595. The fourth-order valence-electron chi connectivity index (χ4n) is 1.32. The molecule has 0 spiro atoms. The van der Waals surface area contributed by atoms with Gasteiger partial charge in [-0.1, -0.05) is 0 Å². The molecule has 1 aromatic carbocycles. The topological polar surface area (TPSA) is 92.9 Å². The predicted octanol–water partition coefficient (Wildman–Crippen LogP) is 0.715. The van der Waals surface area contributed by atoms with Crippen LogP contribution in [0, 0.1) is 0 Å². The number of methoxy groups -OCH3 is 1.